The standard InChI is InChI=1S/C11H7F5N2O/c12-7-1-6(2-8(13)9(7)14)18-10(11(15)16)5(4-19)3-17-18/h1-3,11,19H,4H2. The Hall–Kier alpha value is -1.96. The summed E-state index contributed by atoms with van der Waals surface area (Å²) in [5.41, 5.74) is -1.28. The average molecular weight is 278 g/mol. The number of aliphatic hydroxyl groups is 1. The summed E-state index contributed by atoms with van der Waals surface area (Å²) in [5, 5.41) is 12.4. The topological polar surface area (TPSA) is 38.1 Å². The van der Waals surface area contributed by atoms with E-state index in [9.17, 15) is 22.0 Å². The molecule has 0 atom stereocenters. The third-order valence-electron chi connectivity index (χ3n) is 2.48. The van der Waals surface area contributed by atoms with Crippen LogP contribution in [0, 0.1) is 17.5 Å². The third kappa shape index (κ3) is 2.30. The summed E-state index contributed by atoms with van der Waals surface area (Å²) in [6, 6.07) is 1.08. The molecule has 0 bridgehead atoms. The van der Waals surface area contributed by atoms with Crippen molar-refractivity contribution in [2.75, 3.05) is 0 Å². The molecular formula is C11H7F5N2O. The van der Waals surface area contributed by atoms with Crippen LogP contribution in [0.3, 0.4) is 0 Å². The van der Waals surface area contributed by atoms with Gasteiger partial charge in [-0.1, -0.05) is 0 Å². The molecule has 2 rings (SSSR count). The molecule has 0 saturated heterocycles. The number of rotatable bonds is 3. The molecule has 102 valence electrons. The lowest BCUT2D eigenvalue weighted by Gasteiger charge is -2.09. The number of aliphatic hydroxyl groups excluding tert-OH is 1. The second-order valence-electron chi connectivity index (χ2n) is 3.65. The van der Waals surface area contributed by atoms with Crippen molar-refractivity contribution < 1.29 is 27.1 Å². The zero-order valence-corrected chi connectivity index (χ0v) is 9.25. The van der Waals surface area contributed by atoms with E-state index in [1.54, 1.807) is 0 Å². The van der Waals surface area contributed by atoms with Crippen LogP contribution in [-0.2, 0) is 6.61 Å². The van der Waals surface area contributed by atoms with Gasteiger partial charge in [0.25, 0.3) is 6.43 Å². The molecule has 19 heavy (non-hydrogen) atoms. The van der Waals surface area contributed by atoms with Gasteiger partial charge in [-0.2, -0.15) is 5.10 Å². The Balaban J connectivity index is 2.62. The summed E-state index contributed by atoms with van der Waals surface area (Å²) < 4.78 is 65.1. The first kappa shape index (κ1) is 13.5. The van der Waals surface area contributed by atoms with Gasteiger partial charge in [0, 0.05) is 17.7 Å². The molecule has 0 amide bonds. The maximum Gasteiger partial charge on any atom is 0.280 e. The van der Waals surface area contributed by atoms with Crippen molar-refractivity contribution in [3.63, 3.8) is 0 Å². The number of nitrogens with zero attached hydrogens (tertiary/aromatic N) is 2. The fourth-order valence-electron chi connectivity index (χ4n) is 1.62. The molecule has 1 aromatic heterocycles. The number of hydrogen-bond acceptors (Lipinski definition) is 2. The molecule has 0 fully saturated rings. The highest BCUT2D eigenvalue weighted by Gasteiger charge is 2.22. The Morgan fingerprint density at radius 1 is 1.16 bits per heavy atom. The minimum absolute atomic E-state index is 0.180. The second-order valence-corrected chi connectivity index (χ2v) is 3.65. The maximum absolute atomic E-state index is 13.1. The van der Waals surface area contributed by atoms with E-state index in [1.165, 1.54) is 0 Å². The molecule has 0 spiro atoms. The fourth-order valence-corrected chi connectivity index (χ4v) is 1.62. The number of benzene rings is 1. The first-order chi connectivity index (χ1) is 8.95. The van der Waals surface area contributed by atoms with Gasteiger partial charge in [0.2, 0.25) is 0 Å². The molecule has 0 unspecified atom stereocenters. The summed E-state index contributed by atoms with van der Waals surface area (Å²) in [5.74, 6) is -4.73. The minimum atomic E-state index is -3.01. The van der Waals surface area contributed by atoms with E-state index in [1.807, 2.05) is 0 Å². The van der Waals surface area contributed by atoms with Crippen molar-refractivity contribution in [3.05, 3.63) is 47.0 Å². The van der Waals surface area contributed by atoms with Gasteiger partial charge in [0.05, 0.1) is 18.5 Å². The first-order valence-corrected chi connectivity index (χ1v) is 5.06. The van der Waals surface area contributed by atoms with Gasteiger partial charge in [-0.25, -0.2) is 26.6 Å². The lowest BCUT2D eigenvalue weighted by molar-refractivity contribution is 0.138. The summed E-state index contributed by atoms with van der Waals surface area (Å²) >= 11 is 0. The van der Waals surface area contributed by atoms with E-state index in [2.05, 4.69) is 5.10 Å². The summed E-state index contributed by atoms with van der Waals surface area (Å²) in [7, 11) is 0. The van der Waals surface area contributed by atoms with Gasteiger partial charge >= 0.3 is 0 Å². The highest BCUT2D eigenvalue weighted by Crippen LogP contribution is 2.27. The summed E-state index contributed by atoms with van der Waals surface area (Å²) in [4.78, 5) is 0. The van der Waals surface area contributed by atoms with Crippen LogP contribution in [0.2, 0.25) is 0 Å². The molecule has 0 aliphatic carbocycles. The Morgan fingerprint density at radius 2 is 1.74 bits per heavy atom. The quantitative estimate of drug-likeness (QED) is 0.692. The van der Waals surface area contributed by atoms with Crippen LogP contribution in [0.1, 0.15) is 17.7 Å². The molecule has 0 aliphatic rings. The van der Waals surface area contributed by atoms with Gasteiger partial charge in [-0.05, 0) is 0 Å². The summed E-state index contributed by atoms with van der Waals surface area (Å²) in [6.45, 7) is -0.703. The molecule has 1 heterocycles. The highest BCUT2D eigenvalue weighted by molar-refractivity contribution is 5.37. The van der Waals surface area contributed by atoms with E-state index in [0.717, 1.165) is 6.20 Å². The number of aromatic nitrogens is 2. The van der Waals surface area contributed by atoms with Crippen LogP contribution in [0.25, 0.3) is 5.69 Å². The van der Waals surface area contributed by atoms with Crippen LogP contribution >= 0.6 is 0 Å². The second kappa shape index (κ2) is 4.96. The van der Waals surface area contributed by atoms with Crippen LogP contribution < -0.4 is 0 Å². The molecule has 1 N–H and O–H groups in total. The van der Waals surface area contributed by atoms with Crippen LogP contribution in [0.15, 0.2) is 18.3 Å². The van der Waals surface area contributed by atoms with Gasteiger partial charge < -0.3 is 5.11 Å². The zero-order chi connectivity index (χ0) is 14.2. The van der Waals surface area contributed by atoms with E-state index in [-0.39, 0.29) is 5.56 Å². The Labute approximate surface area is 103 Å². The molecule has 2 aromatic rings. The van der Waals surface area contributed by atoms with Crippen molar-refractivity contribution in [2.45, 2.75) is 13.0 Å². The predicted molar refractivity (Wildman–Crippen MR) is 54.3 cm³/mol. The number of hydrogen-bond donors (Lipinski definition) is 1. The van der Waals surface area contributed by atoms with Gasteiger partial charge in [0.15, 0.2) is 17.5 Å². The molecular weight excluding hydrogens is 271 g/mol. The minimum Gasteiger partial charge on any atom is -0.392 e. The van der Waals surface area contributed by atoms with Crippen molar-refractivity contribution >= 4 is 0 Å². The van der Waals surface area contributed by atoms with Crippen molar-refractivity contribution in [2.24, 2.45) is 0 Å². The number of halogens is 5. The van der Waals surface area contributed by atoms with E-state index >= 15 is 0 Å². The van der Waals surface area contributed by atoms with Crippen molar-refractivity contribution in [1.82, 2.24) is 9.78 Å². The monoisotopic (exact) mass is 278 g/mol. The van der Waals surface area contributed by atoms with Crippen LogP contribution in [0.5, 0.6) is 0 Å². The maximum atomic E-state index is 13.1. The number of alkyl halides is 2. The van der Waals surface area contributed by atoms with E-state index in [0.29, 0.717) is 16.8 Å². The van der Waals surface area contributed by atoms with Gasteiger partial charge in [-0.3, -0.25) is 0 Å². The normalized spacial score (nSPS) is 11.3. The predicted octanol–water partition coefficient (Wildman–Crippen LogP) is 2.72. The Bertz CT molecular complexity index is 588. The smallest absolute Gasteiger partial charge is 0.280 e. The third-order valence-corrected chi connectivity index (χ3v) is 2.48. The highest BCUT2D eigenvalue weighted by atomic mass is 19.3. The Morgan fingerprint density at radius 3 is 2.21 bits per heavy atom. The van der Waals surface area contributed by atoms with Crippen molar-refractivity contribution in [3.8, 4) is 5.69 Å². The lowest BCUT2D eigenvalue weighted by atomic mass is 10.2. The van der Waals surface area contributed by atoms with Crippen LogP contribution in [-0.4, -0.2) is 14.9 Å². The summed E-state index contributed by atoms with van der Waals surface area (Å²) in [6.07, 6.45) is -2.07. The van der Waals surface area contributed by atoms with Gasteiger partial charge in [-0.15, -0.1) is 0 Å². The molecule has 0 saturated carbocycles. The van der Waals surface area contributed by atoms with Gasteiger partial charge in [0.1, 0.15) is 5.69 Å². The van der Waals surface area contributed by atoms with E-state index < -0.39 is 41.9 Å². The van der Waals surface area contributed by atoms with Crippen LogP contribution in [0.4, 0.5) is 22.0 Å². The molecule has 8 heteroatoms. The zero-order valence-electron chi connectivity index (χ0n) is 9.25. The Kier molecular flexibility index (Phi) is 3.52. The molecule has 1 aromatic carbocycles. The average Bonchev–Trinajstić information content (AvgIpc) is 2.79. The SMILES string of the molecule is OCc1cnn(-c2cc(F)c(F)c(F)c2)c1C(F)F. The fraction of sp³-hybridized carbons (Fsp3) is 0.182. The first-order valence-electron chi connectivity index (χ1n) is 5.06. The lowest BCUT2D eigenvalue weighted by Crippen LogP contribution is -2.06. The molecule has 3 nitrogen and oxygen atoms in total. The van der Waals surface area contributed by atoms with E-state index in [4.69, 9.17) is 5.11 Å². The largest absolute Gasteiger partial charge is 0.392 e. The molecule has 0 aliphatic heterocycles. The van der Waals surface area contributed by atoms with Crippen molar-refractivity contribution in [1.29, 1.82) is 0 Å². The molecule has 0 radical (unpaired) electrons.